The van der Waals surface area contributed by atoms with E-state index >= 15 is 0 Å². The number of aromatic nitrogens is 2. The topological polar surface area (TPSA) is 67.6 Å². The van der Waals surface area contributed by atoms with Gasteiger partial charge >= 0.3 is 0 Å². The number of hydrogen-bond acceptors (Lipinski definition) is 3. The molecule has 0 amide bonds. The summed E-state index contributed by atoms with van der Waals surface area (Å²) in [6.45, 7) is 4.03. The first-order valence-corrected chi connectivity index (χ1v) is 4.94. The van der Waals surface area contributed by atoms with Crippen LogP contribution in [0.1, 0.15) is 16.7 Å². The van der Waals surface area contributed by atoms with Crippen LogP contribution in [-0.4, -0.2) is 9.78 Å². The van der Waals surface area contributed by atoms with Gasteiger partial charge in [0.15, 0.2) is 0 Å². The largest absolute Gasteiger partial charge is 0.382 e. The number of rotatable bonds is 1. The maximum atomic E-state index is 8.81. The minimum atomic E-state index is 0.384. The number of nitrogen functional groups attached to an aromatic ring is 1. The van der Waals surface area contributed by atoms with Gasteiger partial charge in [0.25, 0.3) is 0 Å². The summed E-state index contributed by atoms with van der Waals surface area (Å²) in [6, 6.07) is 8.02. The van der Waals surface area contributed by atoms with Crippen molar-refractivity contribution in [1.82, 2.24) is 9.78 Å². The third-order valence-electron chi connectivity index (χ3n) is 2.51. The maximum absolute atomic E-state index is 8.81. The maximum Gasteiger partial charge on any atom is 0.145 e. The molecule has 0 saturated carbocycles. The van der Waals surface area contributed by atoms with E-state index in [4.69, 9.17) is 11.0 Å². The molecule has 0 unspecified atom stereocenters. The zero-order chi connectivity index (χ0) is 11.7. The van der Waals surface area contributed by atoms with Crippen LogP contribution in [-0.2, 0) is 0 Å². The zero-order valence-electron chi connectivity index (χ0n) is 9.23. The molecule has 1 aromatic carbocycles. The van der Waals surface area contributed by atoms with Crippen LogP contribution in [0.4, 0.5) is 5.82 Å². The smallest absolute Gasteiger partial charge is 0.145 e. The lowest BCUT2D eigenvalue weighted by atomic mass is 10.1. The molecule has 2 N–H and O–H groups in total. The SMILES string of the molecule is Cc1ccc(-n2ncc(C#N)c2N)c(C)c1. The summed E-state index contributed by atoms with van der Waals surface area (Å²) >= 11 is 0. The number of aryl methyl sites for hydroxylation is 2. The van der Waals surface area contributed by atoms with Crippen LogP contribution in [0.25, 0.3) is 5.69 Å². The van der Waals surface area contributed by atoms with Crippen molar-refractivity contribution in [3.8, 4) is 11.8 Å². The highest BCUT2D eigenvalue weighted by molar-refractivity contribution is 5.54. The van der Waals surface area contributed by atoms with Gasteiger partial charge in [-0.15, -0.1) is 0 Å². The van der Waals surface area contributed by atoms with Crippen molar-refractivity contribution in [2.45, 2.75) is 13.8 Å². The number of anilines is 1. The standard InChI is InChI=1S/C12H12N4/c1-8-3-4-11(9(2)5-8)16-12(14)10(6-13)7-15-16/h3-5,7H,14H2,1-2H3. The second-order valence-corrected chi connectivity index (χ2v) is 3.76. The molecule has 0 spiro atoms. The molecule has 1 heterocycles. The van der Waals surface area contributed by atoms with Crippen LogP contribution in [0.15, 0.2) is 24.4 Å². The number of nitriles is 1. The predicted octanol–water partition coefficient (Wildman–Crippen LogP) is 1.94. The molecule has 0 aliphatic heterocycles. The minimum Gasteiger partial charge on any atom is -0.382 e. The first-order chi connectivity index (χ1) is 7.63. The Hall–Kier alpha value is -2.28. The van der Waals surface area contributed by atoms with Crippen molar-refractivity contribution in [2.24, 2.45) is 0 Å². The van der Waals surface area contributed by atoms with E-state index in [0.717, 1.165) is 11.3 Å². The summed E-state index contributed by atoms with van der Waals surface area (Å²) < 4.78 is 1.59. The van der Waals surface area contributed by atoms with Gasteiger partial charge in [0.1, 0.15) is 17.5 Å². The van der Waals surface area contributed by atoms with Gasteiger partial charge in [-0.05, 0) is 25.5 Å². The van der Waals surface area contributed by atoms with Crippen LogP contribution in [0.3, 0.4) is 0 Å². The van der Waals surface area contributed by atoms with Gasteiger partial charge in [0, 0.05) is 0 Å². The van der Waals surface area contributed by atoms with Crippen molar-refractivity contribution in [3.63, 3.8) is 0 Å². The lowest BCUT2D eigenvalue weighted by Gasteiger charge is -2.08. The molecule has 2 aromatic rings. The highest BCUT2D eigenvalue weighted by Gasteiger charge is 2.09. The third kappa shape index (κ3) is 1.52. The molecule has 4 heteroatoms. The van der Waals surface area contributed by atoms with E-state index in [9.17, 15) is 0 Å². The number of hydrogen-bond donors (Lipinski definition) is 1. The van der Waals surface area contributed by atoms with E-state index in [1.807, 2.05) is 32.0 Å². The Balaban J connectivity index is 2.60. The molecular weight excluding hydrogens is 200 g/mol. The lowest BCUT2D eigenvalue weighted by Crippen LogP contribution is -2.04. The summed E-state index contributed by atoms with van der Waals surface area (Å²) in [6.07, 6.45) is 1.48. The van der Waals surface area contributed by atoms with Crippen molar-refractivity contribution in [1.29, 1.82) is 5.26 Å². The van der Waals surface area contributed by atoms with Crippen LogP contribution < -0.4 is 5.73 Å². The van der Waals surface area contributed by atoms with Gasteiger partial charge < -0.3 is 5.73 Å². The molecule has 0 fully saturated rings. The van der Waals surface area contributed by atoms with Gasteiger partial charge in [0.05, 0.1) is 11.9 Å². The number of benzene rings is 1. The van der Waals surface area contributed by atoms with Crippen molar-refractivity contribution < 1.29 is 0 Å². The molecule has 0 bridgehead atoms. The molecule has 16 heavy (non-hydrogen) atoms. The highest BCUT2D eigenvalue weighted by Crippen LogP contribution is 2.20. The Bertz CT molecular complexity index is 575. The normalized spacial score (nSPS) is 10.1. The minimum absolute atomic E-state index is 0.384. The van der Waals surface area contributed by atoms with Gasteiger partial charge in [-0.1, -0.05) is 17.7 Å². The molecule has 0 radical (unpaired) electrons. The highest BCUT2D eigenvalue weighted by atomic mass is 15.3. The van der Waals surface area contributed by atoms with E-state index in [1.54, 1.807) is 4.68 Å². The average molecular weight is 212 g/mol. The second-order valence-electron chi connectivity index (χ2n) is 3.76. The van der Waals surface area contributed by atoms with E-state index in [0.29, 0.717) is 11.4 Å². The third-order valence-corrected chi connectivity index (χ3v) is 2.51. The molecule has 2 rings (SSSR count). The molecular formula is C12H12N4. The summed E-state index contributed by atoms with van der Waals surface area (Å²) in [5.41, 5.74) is 9.41. The van der Waals surface area contributed by atoms with Gasteiger partial charge in [-0.3, -0.25) is 0 Å². The average Bonchev–Trinajstić information content (AvgIpc) is 2.60. The fourth-order valence-electron chi connectivity index (χ4n) is 1.68. The Morgan fingerprint density at radius 3 is 2.69 bits per heavy atom. The number of nitrogens with zero attached hydrogens (tertiary/aromatic N) is 3. The van der Waals surface area contributed by atoms with Gasteiger partial charge in [0.2, 0.25) is 0 Å². The molecule has 4 nitrogen and oxygen atoms in total. The van der Waals surface area contributed by atoms with E-state index in [1.165, 1.54) is 11.8 Å². The van der Waals surface area contributed by atoms with Crippen LogP contribution in [0.5, 0.6) is 0 Å². The van der Waals surface area contributed by atoms with Crippen LogP contribution in [0.2, 0.25) is 0 Å². The Morgan fingerprint density at radius 1 is 1.38 bits per heavy atom. The monoisotopic (exact) mass is 212 g/mol. The Morgan fingerprint density at radius 2 is 2.12 bits per heavy atom. The van der Waals surface area contributed by atoms with E-state index in [-0.39, 0.29) is 0 Å². The van der Waals surface area contributed by atoms with Gasteiger partial charge in [-0.2, -0.15) is 10.4 Å². The number of nitrogens with two attached hydrogens (primary N) is 1. The fraction of sp³-hybridized carbons (Fsp3) is 0.167. The van der Waals surface area contributed by atoms with Crippen molar-refractivity contribution in [2.75, 3.05) is 5.73 Å². The van der Waals surface area contributed by atoms with Crippen molar-refractivity contribution >= 4 is 5.82 Å². The first kappa shape index (κ1) is 10.2. The first-order valence-electron chi connectivity index (χ1n) is 4.94. The van der Waals surface area contributed by atoms with Gasteiger partial charge in [-0.25, -0.2) is 4.68 Å². The van der Waals surface area contributed by atoms with Crippen molar-refractivity contribution in [3.05, 3.63) is 41.1 Å². The molecule has 1 aromatic heterocycles. The summed E-state index contributed by atoms with van der Waals surface area (Å²) in [4.78, 5) is 0. The quantitative estimate of drug-likeness (QED) is 0.785. The Labute approximate surface area is 93.9 Å². The summed E-state index contributed by atoms with van der Waals surface area (Å²) in [7, 11) is 0. The molecule has 0 saturated heterocycles. The summed E-state index contributed by atoms with van der Waals surface area (Å²) in [5.74, 6) is 0.384. The molecule has 0 aliphatic carbocycles. The van der Waals surface area contributed by atoms with E-state index < -0.39 is 0 Å². The fourth-order valence-corrected chi connectivity index (χ4v) is 1.68. The molecule has 0 atom stereocenters. The van der Waals surface area contributed by atoms with Crippen LogP contribution >= 0.6 is 0 Å². The van der Waals surface area contributed by atoms with E-state index in [2.05, 4.69) is 11.2 Å². The zero-order valence-corrected chi connectivity index (χ0v) is 9.23. The summed E-state index contributed by atoms with van der Waals surface area (Å²) in [5, 5.41) is 12.9. The second kappa shape index (κ2) is 3.70. The lowest BCUT2D eigenvalue weighted by molar-refractivity contribution is 0.882. The molecule has 80 valence electrons. The molecule has 0 aliphatic rings. The van der Waals surface area contributed by atoms with Crippen LogP contribution in [0, 0.1) is 25.2 Å². The Kier molecular flexibility index (Phi) is 2.37. The predicted molar refractivity (Wildman–Crippen MR) is 62.2 cm³/mol.